The van der Waals surface area contributed by atoms with Crippen LogP contribution in [0.5, 0.6) is 0 Å². The molecule has 204 valence electrons. The van der Waals surface area contributed by atoms with E-state index in [1.54, 1.807) is 0 Å². The molecule has 2 unspecified atom stereocenters. The molecule has 0 amide bonds. The van der Waals surface area contributed by atoms with Crippen molar-refractivity contribution in [3.63, 3.8) is 0 Å². The summed E-state index contributed by atoms with van der Waals surface area (Å²) in [5.41, 5.74) is 13.2. The molecule has 0 aromatic heterocycles. The van der Waals surface area contributed by atoms with E-state index in [-0.39, 0.29) is 0 Å². The topological polar surface area (TPSA) is 3.24 Å². The number of hydrogen-bond donors (Lipinski definition) is 0. The summed E-state index contributed by atoms with van der Waals surface area (Å²) in [6.45, 7) is 2.32. The van der Waals surface area contributed by atoms with Gasteiger partial charge in [0.2, 0.25) is 0 Å². The van der Waals surface area contributed by atoms with E-state index in [1.807, 2.05) is 0 Å². The van der Waals surface area contributed by atoms with Crippen molar-refractivity contribution in [3.05, 3.63) is 157 Å². The minimum Gasteiger partial charge on any atom is -0.333 e. The molecule has 43 heavy (non-hydrogen) atoms. The summed E-state index contributed by atoms with van der Waals surface area (Å²) in [7, 11) is 0. The number of rotatable bonds is 2. The molecule has 2 heterocycles. The van der Waals surface area contributed by atoms with Crippen LogP contribution in [0, 0.1) is 5.92 Å². The number of anilines is 1. The van der Waals surface area contributed by atoms with Crippen molar-refractivity contribution in [2.75, 3.05) is 4.90 Å². The number of hydrogen-bond acceptors (Lipinski definition) is 1. The second-order valence-corrected chi connectivity index (χ2v) is 12.2. The Morgan fingerprint density at radius 3 is 2.12 bits per heavy atom. The summed E-state index contributed by atoms with van der Waals surface area (Å²) in [5, 5.41) is 5.19. The van der Waals surface area contributed by atoms with Gasteiger partial charge < -0.3 is 4.90 Å². The monoisotopic (exact) mass is 549 g/mol. The van der Waals surface area contributed by atoms with Gasteiger partial charge in [-0.1, -0.05) is 127 Å². The van der Waals surface area contributed by atoms with Gasteiger partial charge in [-0.25, -0.2) is 0 Å². The van der Waals surface area contributed by atoms with E-state index in [1.165, 1.54) is 77.4 Å². The van der Waals surface area contributed by atoms with E-state index >= 15 is 0 Å². The molecule has 6 aromatic carbocycles. The minimum absolute atomic E-state index is 0.358. The molecule has 0 radical (unpaired) electrons. The van der Waals surface area contributed by atoms with Gasteiger partial charge in [0.15, 0.2) is 0 Å². The van der Waals surface area contributed by atoms with Crippen molar-refractivity contribution < 1.29 is 0 Å². The summed E-state index contributed by atoms with van der Waals surface area (Å²) >= 11 is 0. The molecule has 9 rings (SSSR count). The van der Waals surface area contributed by atoms with E-state index in [9.17, 15) is 0 Å². The summed E-state index contributed by atoms with van der Waals surface area (Å²) in [5.74, 6) is 0.515. The lowest BCUT2D eigenvalue weighted by Crippen LogP contribution is -2.43. The Hall–Kier alpha value is -5.14. The Morgan fingerprint density at radius 2 is 1.23 bits per heavy atom. The third-order valence-corrected chi connectivity index (χ3v) is 9.73. The van der Waals surface area contributed by atoms with Crippen molar-refractivity contribution in [1.29, 1.82) is 0 Å². The van der Waals surface area contributed by atoms with Crippen LogP contribution in [0.1, 0.15) is 18.9 Å². The van der Waals surface area contributed by atoms with Gasteiger partial charge in [0.1, 0.15) is 0 Å². The van der Waals surface area contributed by atoms with Gasteiger partial charge in [-0.2, -0.15) is 0 Å². The fraction of sp³-hybridized carbons (Fsp3) is 0.0952. The van der Waals surface area contributed by atoms with Crippen molar-refractivity contribution in [1.82, 2.24) is 0 Å². The average molecular weight is 550 g/mol. The molecule has 6 aromatic rings. The molecule has 0 fully saturated rings. The van der Waals surface area contributed by atoms with Crippen LogP contribution < -0.4 is 4.90 Å². The van der Waals surface area contributed by atoms with Gasteiger partial charge in [0.25, 0.3) is 0 Å². The number of benzene rings is 6. The summed E-state index contributed by atoms with van der Waals surface area (Å²) in [6, 6.07) is 45.4. The Bertz CT molecular complexity index is 2180. The first-order chi connectivity index (χ1) is 21.2. The second kappa shape index (κ2) is 9.44. The van der Waals surface area contributed by atoms with Gasteiger partial charge >= 0.3 is 0 Å². The first-order valence-electron chi connectivity index (χ1n) is 15.3. The number of nitrogens with zero attached hydrogens (tertiary/aromatic N) is 1. The molecule has 0 bridgehead atoms. The van der Waals surface area contributed by atoms with Crippen LogP contribution >= 0.6 is 0 Å². The van der Waals surface area contributed by atoms with Crippen LogP contribution in [0.15, 0.2) is 151 Å². The van der Waals surface area contributed by atoms with Gasteiger partial charge in [0, 0.05) is 28.4 Å². The summed E-state index contributed by atoms with van der Waals surface area (Å²) in [6.07, 6.45) is 10.3. The smallest absolute Gasteiger partial charge is 0.0591 e. The maximum Gasteiger partial charge on any atom is 0.0591 e. The fourth-order valence-corrected chi connectivity index (χ4v) is 7.75. The van der Waals surface area contributed by atoms with Crippen LogP contribution in [-0.2, 0) is 0 Å². The first-order valence-corrected chi connectivity index (χ1v) is 15.3. The molecule has 2 atom stereocenters. The first kappa shape index (κ1) is 24.5. The average Bonchev–Trinajstić information content (AvgIpc) is 3.07. The van der Waals surface area contributed by atoms with Gasteiger partial charge in [-0.3, -0.25) is 0 Å². The third kappa shape index (κ3) is 3.71. The standard InChI is InChI=1S/C42H31N/c1-27-24-32-11-3-8-16-40(32)43-41-17-9-7-15-36(41)39-25-30(22-23-37(39)42(27)43)28-18-20-29(21-19-28)38-26-31-10-2-4-12-33(31)34-13-5-6-14-35(34)38/h2-23,25-26,32,40H,24H2,1H3. The lowest BCUT2D eigenvalue weighted by atomic mass is 9.77. The predicted molar refractivity (Wildman–Crippen MR) is 183 cm³/mol. The van der Waals surface area contributed by atoms with Crippen molar-refractivity contribution in [2.24, 2.45) is 5.92 Å². The quantitative estimate of drug-likeness (QED) is 0.194. The van der Waals surface area contributed by atoms with Crippen molar-refractivity contribution in [2.45, 2.75) is 19.4 Å². The van der Waals surface area contributed by atoms with Crippen LogP contribution in [0.3, 0.4) is 0 Å². The van der Waals surface area contributed by atoms with E-state index in [0.29, 0.717) is 12.0 Å². The molecule has 0 saturated heterocycles. The Balaban J connectivity index is 1.15. The Kier molecular flexibility index (Phi) is 5.37. The maximum atomic E-state index is 2.60. The molecule has 1 aliphatic carbocycles. The minimum atomic E-state index is 0.358. The van der Waals surface area contributed by atoms with Crippen LogP contribution in [0.4, 0.5) is 5.69 Å². The highest BCUT2D eigenvalue weighted by atomic mass is 15.2. The summed E-state index contributed by atoms with van der Waals surface area (Å²) in [4.78, 5) is 2.60. The third-order valence-electron chi connectivity index (χ3n) is 9.73. The molecular weight excluding hydrogens is 518 g/mol. The van der Waals surface area contributed by atoms with Gasteiger partial charge in [0.05, 0.1) is 6.04 Å². The molecule has 0 spiro atoms. The number of allylic oxidation sites excluding steroid dienone is 3. The van der Waals surface area contributed by atoms with Gasteiger partial charge in [-0.05, 0) is 86.5 Å². The largest absolute Gasteiger partial charge is 0.333 e. The lowest BCUT2D eigenvalue weighted by molar-refractivity contribution is 0.534. The highest BCUT2D eigenvalue weighted by Crippen LogP contribution is 2.51. The number of para-hydroxylation sites is 1. The molecule has 0 saturated carbocycles. The molecule has 1 heteroatoms. The Morgan fingerprint density at radius 1 is 0.535 bits per heavy atom. The number of fused-ring (bicyclic) bond motifs is 11. The maximum absolute atomic E-state index is 2.60. The highest BCUT2D eigenvalue weighted by molar-refractivity contribution is 6.13. The predicted octanol–water partition coefficient (Wildman–Crippen LogP) is 11.1. The fourth-order valence-electron chi connectivity index (χ4n) is 7.75. The van der Waals surface area contributed by atoms with E-state index in [0.717, 1.165) is 6.42 Å². The highest BCUT2D eigenvalue weighted by Gasteiger charge is 2.38. The zero-order valence-electron chi connectivity index (χ0n) is 24.2. The molecule has 0 N–H and O–H groups in total. The zero-order chi connectivity index (χ0) is 28.5. The zero-order valence-corrected chi connectivity index (χ0v) is 24.2. The van der Waals surface area contributed by atoms with Crippen LogP contribution in [0.2, 0.25) is 0 Å². The second-order valence-electron chi connectivity index (χ2n) is 12.2. The van der Waals surface area contributed by atoms with Crippen molar-refractivity contribution >= 4 is 32.9 Å². The molecule has 3 aliphatic rings. The molecule has 2 aliphatic heterocycles. The molecular formula is C42H31N. The van der Waals surface area contributed by atoms with Gasteiger partial charge in [-0.15, -0.1) is 0 Å². The van der Waals surface area contributed by atoms with E-state index in [4.69, 9.17) is 0 Å². The van der Waals surface area contributed by atoms with E-state index in [2.05, 4.69) is 157 Å². The van der Waals surface area contributed by atoms with Crippen LogP contribution in [-0.4, -0.2) is 6.04 Å². The van der Waals surface area contributed by atoms with E-state index < -0.39 is 0 Å². The SMILES string of the molecule is CC1=C2c3ccc(-c4ccc(-c5cc6ccccc6c6ccccc56)cc4)cc3-c3ccccc3N2C2C=CC=CC2C1. The normalized spacial score (nSPS) is 18.4. The summed E-state index contributed by atoms with van der Waals surface area (Å²) < 4.78 is 0. The van der Waals surface area contributed by atoms with Crippen molar-refractivity contribution in [3.8, 4) is 33.4 Å². The lowest BCUT2D eigenvalue weighted by Gasteiger charge is -2.47. The molecule has 1 nitrogen and oxygen atoms in total. The Labute approximate surface area is 252 Å². The van der Waals surface area contributed by atoms with Crippen LogP contribution in [0.25, 0.3) is 60.6 Å².